The van der Waals surface area contributed by atoms with Crippen LogP contribution in [0.5, 0.6) is 0 Å². The third kappa shape index (κ3) is 6.77. The van der Waals surface area contributed by atoms with Gasteiger partial charge in [-0.05, 0) is 6.42 Å². The van der Waals surface area contributed by atoms with Crippen molar-refractivity contribution in [2.45, 2.75) is 13.3 Å². The molecular weight excluding hydrogens is 214 g/mol. The number of hydrogen-bond acceptors (Lipinski definition) is 4. The van der Waals surface area contributed by atoms with Crippen LogP contribution < -0.4 is 16.4 Å². The molecule has 0 fully saturated rings. The fraction of sp³-hybridized carbons (Fsp3) is 0.667. The Bertz CT molecular complexity index is 267. The molecule has 0 saturated carbocycles. The van der Waals surface area contributed by atoms with E-state index in [0.29, 0.717) is 6.42 Å². The molecule has 7 heteroatoms. The van der Waals surface area contributed by atoms with Crippen LogP contribution in [-0.2, 0) is 14.4 Å². The highest BCUT2D eigenvalue weighted by atomic mass is 16.4. The maximum absolute atomic E-state index is 11.1. The van der Waals surface area contributed by atoms with Crippen molar-refractivity contribution in [2.75, 3.05) is 19.6 Å². The van der Waals surface area contributed by atoms with Gasteiger partial charge in [-0.3, -0.25) is 14.4 Å². The van der Waals surface area contributed by atoms with Crippen LogP contribution in [0.4, 0.5) is 0 Å². The molecule has 92 valence electrons. The molecule has 5 N–H and O–H groups in total. The minimum absolute atomic E-state index is 0.141. The van der Waals surface area contributed by atoms with Crippen molar-refractivity contribution in [3.8, 4) is 0 Å². The zero-order valence-electron chi connectivity index (χ0n) is 9.16. The summed E-state index contributed by atoms with van der Waals surface area (Å²) in [6.45, 7) is 1.52. The van der Waals surface area contributed by atoms with Crippen molar-refractivity contribution in [3.05, 3.63) is 0 Å². The molecule has 1 unspecified atom stereocenters. The highest BCUT2D eigenvalue weighted by Gasteiger charge is 2.10. The van der Waals surface area contributed by atoms with Crippen molar-refractivity contribution in [2.24, 2.45) is 11.7 Å². The van der Waals surface area contributed by atoms with E-state index in [1.807, 2.05) is 0 Å². The quantitative estimate of drug-likeness (QED) is 0.415. The number of aliphatic carboxylic acids is 1. The molecule has 0 bridgehead atoms. The monoisotopic (exact) mass is 231 g/mol. The zero-order valence-corrected chi connectivity index (χ0v) is 9.16. The fourth-order valence-electron chi connectivity index (χ4n) is 0.865. The number of carboxylic acids is 1. The predicted octanol–water partition coefficient (Wildman–Crippen LogP) is -1.71. The molecule has 1 atom stereocenters. The van der Waals surface area contributed by atoms with E-state index >= 15 is 0 Å². The second-order valence-corrected chi connectivity index (χ2v) is 3.36. The molecule has 0 aliphatic heterocycles. The molecule has 0 aromatic rings. The topological polar surface area (TPSA) is 122 Å². The Hall–Kier alpha value is -1.63. The summed E-state index contributed by atoms with van der Waals surface area (Å²) in [5.74, 6) is -2.17. The molecule has 0 rings (SSSR count). The van der Waals surface area contributed by atoms with Crippen molar-refractivity contribution in [3.63, 3.8) is 0 Å². The highest BCUT2D eigenvalue weighted by Crippen LogP contribution is 1.99. The first-order chi connectivity index (χ1) is 7.47. The Morgan fingerprint density at radius 1 is 1.25 bits per heavy atom. The molecule has 0 radical (unpaired) electrons. The number of carbonyl (C=O) groups excluding carboxylic acids is 2. The fourth-order valence-corrected chi connectivity index (χ4v) is 0.865. The van der Waals surface area contributed by atoms with Gasteiger partial charge in [0.25, 0.3) is 0 Å². The Labute approximate surface area is 93.4 Å². The lowest BCUT2D eigenvalue weighted by Gasteiger charge is -2.08. The zero-order chi connectivity index (χ0) is 12.6. The number of nitrogens with two attached hydrogens (primary N) is 1. The van der Waals surface area contributed by atoms with Gasteiger partial charge in [-0.2, -0.15) is 0 Å². The molecule has 0 heterocycles. The van der Waals surface area contributed by atoms with Crippen LogP contribution in [0.2, 0.25) is 0 Å². The van der Waals surface area contributed by atoms with Crippen LogP contribution in [0, 0.1) is 5.92 Å². The minimum Gasteiger partial charge on any atom is -0.481 e. The van der Waals surface area contributed by atoms with Gasteiger partial charge < -0.3 is 21.5 Å². The first-order valence-corrected chi connectivity index (χ1v) is 4.93. The molecule has 16 heavy (non-hydrogen) atoms. The second-order valence-electron chi connectivity index (χ2n) is 3.36. The lowest BCUT2D eigenvalue weighted by molar-refractivity contribution is -0.141. The van der Waals surface area contributed by atoms with Gasteiger partial charge >= 0.3 is 5.97 Å². The first-order valence-electron chi connectivity index (χ1n) is 4.93. The Morgan fingerprint density at radius 2 is 1.88 bits per heavy atom. The lowest BCUT2D eigenvalue weighted by Crippen LogP contribution is -2.40. The Kier molecular flexibility index (Phi) is 6.86. The van der Waals surface area contributed by atoms with Crippen molar-refractivity contribution < 1.29 is 19.5 Å². The van der Waals surface area contributed by atoms with Gasteiger partial charge in [0, 0.05) is 6.54 Å². The first kappa shape index (κ1) is 14.4. The van der Waals surface area contributed by atoms with E-state index in [1.165, 1.54) is 0 Å². The standard InChI is InChI=1S/C9H17N3O4/c1-6(9(15)16)2-3-11-8(14)5-12-7(13)4-10/h6H,2-5,10H2,1H3,(H,11,14)(H,12,13)(H,15,16). The van der Waals surface area contributed by atoms with Crippen LogP contribution in [0.25, 0.3) is 0 Å². The van der Waals surface area contributed by atoms with Crippen molar-refractivity contribution in [1.29, 1.82) is 0 Å². The number of carboxylic acid groups (broad SMARTS) is 1. The van der Waals surface area contributed by atoms with Gasteiger partial charge in [0.05, 0.1) is 19.0 Å². The summed E-state index contributed by atoms with van der Waals surface area (Å²) in [5.41, 5.74) is 5.02. The van der Waals surface area contributed by atoms with Gasteiger partial charge in [0.2, 0.25) is 11.8 Å². The average molecular weight is 231 g/mol. The largest absolute Gasteiger partial charge is 0.481 e. The van der Waals surface area contributed by atoms with Crippen LogP contribution in [-0.4, -0.2) is 42.5 Å². The van der Waals surface area contributed by atoms with Gasteiger partial charge in [-0.25, -0.2) is 0 Å². The molecule has 2 amide bonds. The summed E-state index contributed by atoms with van der Waals surface area (Å²) in [5, 5.41) is 13.4. The smallest absolute Gasteiger partial charge is 0.306 e. The Morgan fingerprint density at radius 3 is 2.38 bits per heavy atom. The summed E-state index contributed by atoms with van der Waals surface area (Å²) in [7, 11) is 0. The summed E-state index contributed by atoms with van der Waals surface area (Å²) in [6, 6.07) is 0. The maximum atomic E-state index is 11.1. The average Bonchev–Trinajstić information content (AvgIpc) is 2.25. The third-order valence-corrected chi connectivity index (χ3v) is 1.95. The summed E-state index contributed by atoms with van der Waals surface area (Å²) in [6.07, 6.45) is 0.353. The number of hydrogen-bond donors (Lipinski definition) is 4. The number of rotatable bonds is 7. The van der Waals surface area contributed by atoms with E-state index in [2.05, 4.69) is 10.6 Å². The van der Waals surface area contributed by atoms with Crippen molar-refractivity contribution in [1.82, 2.24) is 10.6 Å². The van der Waals surface area contributed by atoms with Crippen LogP contribution in [0.15, 0.2) is 0 Å². The third-order valence-electron chi connectivity index (χ3n) is 1.95. The second kappa shape index (κ2) is 7.63. The predicted molar refractivity (Wildman–Crippen MR) is 56.5 cm³/mol. The summed E-state index contributed by atoms with van der Waals surface area (Å²) in [4.78, 5) is 32.2. The van der Waals surface area contributed by atoms with Crippen LogP contribution >= 0.6 is 0 Å². The molecule has 7 nitrogen and oxygen atoms in total. The minimum atomic E-state index is -0.898. The highest BCUT2D eigenvalue weighted by molar-refractivity contribution is 5.85. The van der Waals surface area contributed by atoms with Gasteiger partial charge in [0.1, 0.15) is 0 Å². The molecule has 0 aromatic heterocycles. The number of amides is 2. The van der Waals surface area contributed by atoms with Gasteiger partial charge in [-0.1, -0.05) is 6.92 Å². The maximum Gasteiger partial charge on any atom is 0.306 e. The Balaban J connectivity index is 3.58. The van der Waals surface area contributed by atoms with E-state index in [9.17, 15) is 14.4 Å². The number of nitrogens with one attached hydrogen (secondary N) is 2. The molecular formula is C9H17N3O4. The number of carbonyl (C=O) groups is 3. The van der Waals surface area contributed by atoms with E-state index in [1.54, 1.807) is 6.92 Å². The lowest BCUT2D eigenvalue weighted by atomic mass is 10.1. The molecule has 0 aromatic carbocycles. The van der Waals surface area contributed by atoms with Crippen LogP contribution in [0.3, 0.4) is 0 Å². The van der Waals surface area contributed by atoms with E-state index in [4.69, 9.17) is 10.8 Å². The van der Waals surface area contributed by atoms with Gasteiger partial charge in [-0.15, -0.1) is 0 Å². The van der Waals surface area contributed by atoms with E-state index in [0.717, 1.165) is 0 Å². The molecule has 0 aliphatic rings. The van der Waals surface area contributed by atoms with E-state index in [-0.39, 0.29) is 25.5 Å². The molecule has 0 saturated heterocycles. The van der Waals surface area contributed by atoms with Gasteiger partial charge in [0.15, 0.2) is 0 Å². The summed E-state index contributed by atoms with van der Waals surface area (Å²) < 4.78 is 0. The normalized spacial score (nSPS) is 11.6. The van der Waals surface area contributed by atoms with E-state index < -0.39 is 17.8 Å². The molecule has 0 spiro atoms. The molecule has 0 aliphatic carbocycles. The summed E-state index contributed by atoms with van der Waals surface area (Å²) >= 11 is 0. The van der Waals surface area contributed by atoms with Crippen molar-refractivity contribution >= 4 is 17.8 Å². The SMILES string of the molecule is CC(CCNC(=O)CNC(=O)CN)C(=O)O. The van der Waals surface area contributed by atoms with Crippen LogP contribution in [0.1, 0.15) is 13.3 Å².